The van der Waals surface area contributed by atoms with Crippen molar-refractivity contribution in [2.24, 2.45) is 5.92 Å². The van der Waals surface area contributed by atoms with Gasteiger partial charge in [-0.15, -0.1) is 0 Å². The summed E-state index contributed by atoms with van der Waals surface area (Å²) in [6.07, 6.45) is 1.71. The summed E-state index contributed by atoms with van der Waals surface area (Å²) in [4.78, 5) is 14.4. The normalized spacial score (nSPS) is 15.0. The molecule has 2 aromatic carbocycles. The number of hydrogen-bond acceptors (Lipinski definition) is 3. The molecular weight excluding hydrogens is 321 g/mol. The van der Waals surface area contributed by atoms with Gasteiger partial charge in [-0.25, -0.2) is 4.39 Å². The maximum Gasteiger partial charge on any atom is 0.253 e. The number of ether oxygens (including phenoxy) is 2. The minimum Gasteiger partial charge on any atom is -0.497 e. The summed E-state index contributed by atoms with van der Waals surface area (Å²) in [5, 5.41) is 0. The van der Waals surface area contributed by atoms with Gasteiger partial charge in [0.05, 0.1) is 13.7 Å². The van der Waals surface area contributed by atoms with Crippen molar-refractivity contribution in [3.05, 3.63) is 59.9 Å². The highest BCUT2D eigenvalue weighted by Crippen LogP contribution is 2.22. The van der Waals surface area contributed by atoms with Crippen LogP contribution in [0, 0.1) is 11.7 Å². The lowest BCUT2D eigenvalue weighted by Crippen LogP contribution is -2.39. The molecule has 5 heteroatoms. The predicted molar refractivity (Wildman–Crippen MR) is 93.5 cm³/mol. The Bertz CT molecular complexity index is 709. The van der Waals surface area contributed by atoms with Gasteiger partial charge in [0.2, 0.25) is 0 Å². The first kappa shape index (κ1) is 17.3. The zero-order valence-electron chi connectivity index (χ0n) is 14.3. The van der Waals surface area contributed by atoms with E-state index >= 15 is 0 Å². The number of benzene rings is 2. The molecule has 1 amide bonds. The number of halogens is 1. The Morgan fingerprint density at radius 1 is 1.12 bits per heavy atom. The van der Waals surface area contributed by atoms with Crippen LogP contribution in [0.25, 0.3) is 0 Å². The number of nitrogens with zero attached hydrogens (tertiary/aromatic N) is 1. The topological polar surface area (TPSA) is 38.8 Å². The minimum absolute atomic E-state index is 0.0381. The van der Waals surface area contributed by atoms with E-state index in [4.69, 9.17) is 9.47 Å². The molecule has 2 aromatic rings. The average molecular weight is 343 g/mol. The predicted octanol–water partition coefficient (Wildman–Crippen LogP) is 3.77. The van der Waals surface area contributed by atoms with Crippen molar-refractivity contribution in [2.75, 3.05) is 26.8 Å². The van der Waals surface area contributed by atoms with E-state index in [0.29, 0.717) is 36.9 Å². The summed E-state index contributed by atoms with van der Waals surface area (Å²) in [6.45, 7) is 1.86. The lowest BCUT2D eigenvalue weighted by Gasteiger charge is -2.32. The highest BCUT2D eigenvalue weighted by Gasteiger charge is 2.24. The van der Waals surface area contributed by atoms with Gasteiger partial charge in [0, 0.05) is 18.7 Å². The second kappa shape index (κ2) is 8.01. The van der Waals surface area contributed by atoms with Crippen LogP contribution in [0.3, 0.4) is 0 Å². The molecule has 132 valence electrons. The molecule has 1 aliphatic rings. The number of methoxy groups -OCH3 is 1. The molecule has 0 bridgehead atoms. The molecule has 0 radical (unpaired) electrons. The fourth-order valence-corrected chi connectivity index (χ4v) is 2.99. The fraction of sp³-hybridized carbons (Fsp3) is 0.350. The molecule has 0 aromatic heterocycles. The highest BCUT2D eigenvalue weighted by molar-refractivity contribution is 5.94. The first-order valence-electron chi connectivity index (χ1n) is 8.48. The molecule has 0 aliphatic carbocycles. The fourth-order valence-electron chi connectivity index (χ4n) is 2.99. The monoisotopic (exact) mass is 343 g/mol. The molecule has 1 aliphatic heterocycles. The Balaban J connectivity index is 1.49. The number of hydrogen-bond donors (Lipinski definition) is 0. The number of carbonyl (C=O) groups excluding carboxylic acids is 1. The summed E-state index contributed by atoms with van der Waals surface area (Å²) < 4.78 is 24.3. The zero-order chi connectivity index (χ0) is 17.6. The SMILES string of the molecule is COc1ccc(C(=O)N2CCC(COc3ccccc3F)CC2)cc1. The molecular formula is C20H22FNO3. The largest absolute Gasteiger partial charge is 0.497 e. The molecule has 1 saturated heterocycles. The van der Waals surface area contributed by atoms with E-state index in [9.17, 15) is 9.18 Å². The molecule has 1 fully saturated rings. The summed E-state index contributed by atoms with van der Waals surface area (Å²) in [5.74, 6) is 1.06. The van der Waals surface area contributed by atoms with E-state index in [-0.39, 0.29) is 11.7 Å². The van der Waals surface area contributed by atoms with Crippen molar-refractivity contribution in [3.63, 3.8) is 0 Å². The van der Waals surface area contributed by atoms with E-state index in [1.54, 1.807) is 49.6 Å². The second-order valence-electron chi connectivity index (χ2n) is 6.21. The standard InChI is InChI=1S/C20H22FNO3/c1-24-17-8-6-16(7-9-17)20(23)22-12-10-15(11-13-22)14-25-19-5-3-2-4-18(19)21/h2-9,15H,10-14H2,1H3. The Hall–Kier alpha value is -2.56. The molecule has 25 heavy (non-hydrogen) atoms. The van der Waals surface area contributed by atoms with Crippen molar-refractivity contribution < 1.29 is 18.7 Å². The summed E-state index contributed by atoms with van der Waals surface area (Å²) >= 11 is 0. The van der Waals surface area contributed by atoms with Gasteiger partial charge in [0.15, 0.2) is 11.6 Å². The number of likely N-dealkylation sites (tertiary alicyclic amines) is 1. The van der Waals surface area contributed by atoms with Crippen molar-refractivity contribution in [2.45, 2.75) is 12.8 Å². The van der Waals surface area contributed by atoms with Gasteiger partial charge in [0.1, 0.15) is 5.75 Å². The first-order chi connectivity index (χ1) is 12.2. The Morgan fingerprint density at radius 3 is 2.44 bits per heavy atom. The van der Waals surface area contributed by atoms with E-state index in [0.717, 1.165) is 18.6 Å². The summed E-state index contributed by atoms with van der Waals surface area (Å²) in [5.41, 5.74) is 0.668. The van der Waals surface area contributed by atoms with Crippen LogP contribution in [-0.2, 0) is 0 Å². The third kappa shape index (κ3) is 4.29. The van der Waals surface area contributed by atoms with E-state index in [2.05, 4.69) is 0 Å². The van der Waals surface area contributed by atoms with Crippen LogP contribution < -0.4 is 9.47 Å². The van der Waals surface area contributed by atoms with Crippen molar-refractivity contribution in [3.8, 4) is 11.5 Å². The average Bonchev–Trinajstić information content (AvgIpc) is 2.67. The molecule has 0 N–H and O–H groups in total. The van der Waals surface area contributed by atoms with Gasteiger partial charge in [-0.1, -0.05) is 12.1 Å². The maximum absolute atomic E-state index is 13.6. The van der Waals surface area contributed by atoms with Crippen LogP contribution in [0.1, 0.15) is 23.2 Å². The van der Waals surface area contributed by atoms with Gasteiger partial charge in [-0.05, 0) is 55.2 Å². The zero-order valence-corrected chi connectivity index (χ0v) is 14.3. The van der Waals surface area contributed by atoms with Gasteiger partial charge in [-0.3, -0.25) is 4.79 Å². The number of piperidine rings is 1. The molecule has 0 spiro atoms. The number of rotatable bonds is 5. The summed E-state index contributed by atoms with van der Waals surface area (Å²) in [6, 6.07) is 13.6. The van der Waals surface area contributed by atoms with E-state index in [1.165, 1.54) is 6.07 Å². The van der Waals surface area contributed by atoms with Crippen molar-refractivity contribution in [1.82, 2.24) is 4.90 Å². The molecule has 0 unspecified atom stereocenters. The van der Waals surface area contributed by atoms with Crippen LogP contribution in [0.5, 0.6) is 11.5 Å². The third-order valence-electron chi connectivity index (χ3n) is 4.55. The number of carbonyl (C=O) groups is 1. The second-order valence-corrected chi connectivity index (χ2v) is 6.21. The molecule has 3 rings (SSSR count). The van der Waals surface area contributed by atoms with E-state index in [1.807, 2.05) is 4.90 Å². The van der Waals surface area contributed by atoms with Crippen molar-refractivity contribution in [1.29, 1.82) is 0 Å². The van der Waals surface area contributed by atoms with Crippen LogP contribution >= 0.6 is 0 Å². The van der Waals surface area contributed by atoms with Crippen LogP contribution in [-0.4, -0.2) is 37.6 Å². The van der Waals surface area contributed by atoms with Crippen LogP contribution in [0.4, 0.5) is 4.39 Å². The lowest BCUT2D eigenvalue weighted by molar-refractivity contribution is 0.0660. The number of amides is 1. The third-order valence-corrected chi connectivity index (χ3v) is 4.55. The Kier molecular flexibility index (Phi) is 5.53. The molecule has 4 nitrogen and oxygen atoms in total. The maximum atomic E-state index is 13.6. The lowest BCUT2D eigenvalue weighted by atomic mass is 9.97. The number of para-hydroxylation sites is 1. The molecule has 0 atom stereocenters. The highest BCUT2D eigenvalue weighted by atomic mass is 19.1. The smallest absolute Gasteiger partial charge is 0.253 e. The van der Waals surface area contributed by atoms with Crippen molar-refractivity contribution >= 4 is 5.91 Å². The molecule has 1 heterocycles. The Morgan fingerprint density at radius 2 is 1.80 bits per heavy atom. The molecule has 0 saturated carbocycles. The van der Waals surface area contributed by atoms with Gasteiger partial charge in [0.25, 0.3) is 5.91 Å². The van der Waals surface area contributed by atoms with Gasteiger partial charge >= 0.3 is 0 Å². The van der Waals surface area contributed by atoms with Crippen LogP contribution in [0.15, 0.2) is 48.5 Å². The quantitative estimate of drug-likeness (QED) is 0.830. The van der Waals surface area contributed by atoms with E-state index < -0.39 is 0 Å². The van der Waals surface area contributed by atoms with Gasteiger partial charge in [-0.2, -0.15) is 0 Å². The summed E-state index contributed by atoms with van der Waals surface area (Å²) in [7, 11) is 1.60. The minimum atomic E-state index is -0.338. The Labute approximate surface area is 147 Å². The van der Waals surface area contributed by atoms with Gasteiger partial charge < -0.3 is 14.4 Å². The first-order valence-corrected chi connectivity index (χ1v) is 8.48. The van der Waals surface area contributed by atoms with Crippen LogP contribution in [0.2, 0.25) is 0 Å².